The van der Waals surface area contributed by atoms with Crippen LogP contribution in [0.1, 0.15) is 31.4 Å². The number of carbonyl (C=O) groups is 3. The van der Waals surface area contributed by atoms with Gasteiger partial charge in [-0.1, -0.05) is 12.1 Å². The van der Waals surface area contributed by atoms with Crippen molar-refractivity contribution in [2.24, 2.45) is 0 Å². The number of thiophene rings is 1. The summed E-state index contributed by atoms with van der Waals surface area (Å²) in [6.45, 7) is 1.80. The number of furan rings is 1. The normalized spacial score (nSPS) is 10.3. The molecule has 0 aliphatic rings. The van der Waals surface area contributed by atoms with Gasteiger partial charge in [0.25, 0.3) is 11.8 Å². The van der Waals surface area contributed by atoms with Crippen LogP contribution in [0.25, 0.3) is 0 Å². The van der Waals surface area contributed by atoms with E-state index in [1.54, 1.807) is 25.1 Å². The van der Waals surface area contributed by atoms with Gasteiger partial charge in [0, 0.05) is 10.6 Å². The Kier molecular flexibility index (Phi) is 6.23. The van der Waals surface area contributed by atoms with Gasteiger partial charge in [-0.3, -0.25) is 9.59 Å². The summed E-state index contributed by atoms with van der Waals surface area (Å²) in [6.07, 6.45) is 1.40. The van der Waals surface area contributed by atoms with E-state index in [1.165, 1.54) is 29.7 Å². The predicted molar refractivity (Wildman–Crippen MR) is 104 cm³/mol. The first-order valence-corrected chi connectivity index (χ1v) is 9.32. The summed E-state index contributed by atoms with van der Waals surface area (Å²) in [5, 5.41) is 7.29. The van der Waals surface area contributed by atoms with Crippen molar-refractivity contribution in [1.29, 1.82) is 0 Å². The fourth-order valence-corrected chi connectivity index (χ4v) is 2.98. The fourth-order valence-electron chi connectivity index (χ4n) is 2.34. The molecule has 7 nitrogen and oxygen atoms in total. The zero-order valence-corrected chi connectivity index (χ0v) is 15.9. The Morgan fingerprint density at radius 3 is 2.71 bits per heavy atom. The Bertz CT molecular complexity index is 965. The molecule has 0 atom stereocenters. The number of benzene rings is 1. The molecule has 0 radical (unpaired) electrons. The monoisotopic (exact) mass is 398 g/mol. The lowest BCUT2D eigenvalue weighted by Gasteiger charge is -2.10. The molecule has 0 aliphatic heterocycles. The van der Waals surface area contributed by atoms with Crippen LogP contribution in [0.15, 0.2) is 58.5 Å². The van der Waals surface area contributed by atoms with Crippen molar-refractivity contribution in [3.05, 3.63) is 75.9 Å². The molecule has 2 N–H and O–H groups in total. The van der Waals surface area contributed by atoms with Gasteiger partial charge in [0.05, 0.1) is 18.4 Å². The third kappa shape index (κ3) is 5.08. The summed E-state index contributed by atoms with van der Waals surface area (Å²) in [7, 11) is 0. The highest BCUT2D eigenvalue weighted by Gasteiger charge is 2.15. The summed E-state index contributed by atoms with van der Waals surface area (Å²) in [5.74, 6) is -1.30. The number of anilines is 1. The third-order valence-electron chi connectivity index (χ3n) is 3.84. The van der Waals surface area contributed by atoms with Crippen LogP contribution in [-0.2, 0) is 16.1 Å². The zero-order valence-electron chi connectivity index (χ0n) is 15.1. The number of carbonyl (C=O) groups excluding carboxylic acids is 3. The Hall–Kier alpha value is -3.39. The second-order valence-electron chi connectivity index (χ2n) is 5.89. The van der Waals surface area contributed by atoms with E-state index >= 15 is 0 Å². The molecule has 28 heavy (non-hydrogen) atoms. The van der Waals surface area contributed by atoms with Crippen molar-refractivity contribution >= 4 is 34.8 Å². The van der Waals surface area contributed by atoms with Gasteiger partial charge in [-0.15, -0.1) is 11.3 Å². The molecule has 0 spiro atoms. The SMILES string of the molecule is Cc1ccc(C(=O)OCC(=O)NCc2cccs2)cc1NC(=O)c1ccco1. The summed E-state index contributed by atoms with van der Waals surface area (Å²) >= 11 is 1.53. The van der Waals surface area contributed by atoms with E-state index in [-0.39, 0.29) is 23.8 Å². The van der Waals surface area contributed by atoms with E-state index in [0.29, 0.717) is 12.2 Å². The van der Waals surface area contributed by atoms with Crippen molar-refractivity contribution in [2.45, 2.75) is 13.5 Å². The zero-order chi connectivity index (χ0) is 19.9. The number of esters is 1. The summed E-state index contributed by atoms with van der Waals surface area (Å²) in [6, 6.07) is 11.7. The lowest BCUT2D eigenvalue weighted by molar-refractivity contribution is -0.124. The molecular weight excluding hydrogens is 380 g/mol. The molecule has 8 heteroatoms. The highest BCUT2D eigenvalue weighted by molar-refractivity contribution is 7.09. The van der Waals surface area contributed by atoms with Crippen molar-refractivity contribution < 1.29 is 23.5 Å². The number of ether oxygens (including phenoxy) is 1. The first-order chi connectivity index (χ1) is 13.5. The molecule has 0 fully saturated rings. The Morgan fingerprint density at radius 2 is 2.00 bits per heavy atom. The van der Waals surface area contributed by atoms with Crippen LogP contribution in [-0.4, -0.2) is 24.4 Å². The van der Waals surface area contributed by atoms with Gasteiger partial charge in [0.1, 0.15) is 0 Å². The number of hydrogen-bond donors (Lipinski definition) is 2. The highest BCUT2D eigenvalue weighted by atomic mass is 32.1. The van der Waals surface area contributed by atoms with E-state index in [0.717, 1.165) is 10.4 Å². The standard InChI is InChI=1S/C20H18N2O5S/c1-13-6-7-14(10-16(13)22-19(24)17-5-2-8-26-17)20(25)27-12-18(23)21-11-15-4-3-9-28-15/h2-10H,11-12H2,1H3,(H,21,23)(H,22,24). The van der Waals surface area contributed by atoms with E-state index < -0.39 is 11.9 Å². The second-order valence-corrected chi connectivity index (χ2v) is 6.93. The van der Waals surface area contributed by atoms with E-state index in [9.17, 15) is 14.4 Å². The van der Waals surface area contributed by atoms with Crippen molar-refractivity contribution in [3.8, 4) is 0 Å². The summed E-state index contributed by atoms with van der Waals surface area (Å²) in [5.41, 5.74) is 1.45. The largest absolute Gasteiger partial charge is 0.459 e. The quantitative estimate of drug-likeness (QED) is 0.595. The Balaban J connectivity index is 1.56. The van der Waals surface area contributed by atoms with Gasteiger partial charge in [0.2, 0.25) is 0 Å². The number of amides is 2. The molecule has 3 rings (SSSR count). The summed E-state index contributed by atoms with van der Waals surface area (Å²) < 4.78 is 10.1. The minimum Gasteiger partial charge on any atom is -0.459 e. The molecule has 0 unspecified atom stereocenters. The number of rotatable bonds is 7. The number of hydrogen-bond acceptors (Lipinski definition) is 6. The number of aryl methyl sites for hydroxylation is 1. The van der Waals surface area contributed by atoms with Crippen LogP contribution in [0.3, 0.4) is 0 Å². The van der Waals surface area contributed by atoms with Gasteiger partial charge in [-0.25, -0.2) is 4.79 Å². The first-order valence-electron chi connectivity index (χ1n) is 8.44. The van der Waals surface area contributed by atoms with Gasteiger partial charge in [-0.2, -0.15) is 0 Å². The van der Waals surface area contributed by atoms with Crippen LogP contribution in [0, 0.1) is 6.92 Å². The highest BCUT2D eigenvalue weighted by Crippen LogP contribution is 2.19. The van der Waals surface area contributed by atoms with Crippen LogP contribution >= 0.6 is 11.3 Å². The van der Waals surface area contributed by atoms with Crippen LogP contribution in [0.5, 0.6) is 0 Å². The molecule has 2 aromatic heterocycles. The molecule has 2 heterocycles. The van der Waals surface area contributed by atoms with Crippen LogP contribution in [0.4, 0.5) is 5.69 Å². The molecule has 144 valence electrons. The van der Waals surface area contributed by atoms with Crippen LogP contribution < -0.4 is 10.6 Å². The maximum Gasteiger partial charge on any atom is 0.338 e. The molecule has 0 aliphatic carbocycles. The van der Waals surface area contributed by atoms with Crippen molar-refractivity contribution in [3.63, 3.8) is 0 Å². The number of nitrogens with one attached hydrogen (secondary N) is 2. The van der Waals surface area contributed by atoms with Crippen molar-refractivity contribution in [1.82, 2.24) is 5.32 Å². The van der Waals surface area contributed by atoms with Gasteiger partial charge in [0.15, 0.2) is 12.4 Å². The maximum absolute atomic E-state index is 12.2. The lowest BCUT2D eigenvalue weighted by atomic mass is 10.1. The average Bonchev–Trinajstić information content (AvgIpc) is 3.40. The lowest BCUT2D eigenvalue weighted by Crippen LogP contribution is -2.28. The van der Waals surface area contributed by atoms with Gasteiger partial charge in [-0.05, 0) is 48.2 Å². The van der Waals surface area contributed by atoms with E-state index in [1.807, 2.05) is 17.5 Å². The molecule has 3 aromatic rings. The Morgan fingerprint density at radius 1 is 1.14 bits per heavy atom. The molecule has 2 amide bonds. The Labute approximate surface area is 165 Å². The second kappa shape index (κ2) is 9.01. The smallest absolute Gasteiger partial charge is 0.338 e. The first kappa shape index (κ1) is 19.4. The van der Waals surface area contributed by atoms with Gasteiger partial charge >= 0.3 is 5.97 Å². The minimum absolute atomic E-state index is 0.162. The molecular formula is C20H18N2O5S. The van der Waals surface area contributed by atoms with E-state index in [2.05, 4.69) is 10.6 Å². The molecule has 1 aromatic carbocycles. The predicted octanol–water partition coefficient (Wildman–Crippen LogP) is 3.38. The molecule has 0 saturated heterocycles. The molecule has 0 bridgehead atoms. The van der Waals surface area contributed by atoms with Gasteiger partial charge < -0.3 is 19.8 Å². The molecule has 0 saturated carbocycles. The summed E-state index contributed by atoms with van der Waals surface area (Å²) in [4.78, 5) is 37.2. The van der Waals surface area contributed by atoms with E-state index in [4.69, 9.17) is 9.15 Å². The average molecular weight is 398 g/mol. The third-order valence-corrected chi connectivity index (χ3v) is 4.72. The maximum atomic E-state index is 12.2. The minimum atomic E-state index is -0.653. The fraction of sp³-hybridized carbons (Fsp3) is 0.150. The van der Waals surface area contributed by atoms with Crippen LogP contribution in [0.2, 0.25) is 0 Å². The van der Waals surface area contributed by atoms with Crippen molar-refractivity contribution in [2.75, 3.05) is 11.9 Å². The topological polar surface area (TPSA) is 97.6 Å².